The second kappa shape index (κ2) is 6.25. The number of primary sulfonamides is 1. The first kappa shape index (κ1) is 17.6. The maximum Gasteiger partial charge on any atom is 0.266 e. The van der Waals surface area contributed by atoms with Gasteiger partial charge in [-0.15, -0.1) is 11.3 Å². The Balaban J connectivity index is 2.03. The van der Waals surface area contributed by atoms with Gasteiger partial charge in [0.25, 0.3) is 5.91 Å². The average molecular weight is 374 g/mol. The normalized spacial score (nSPS) is 11.7. The minimum absolute atomic E-state index is 0.0148. The Morgan fingerprint density at radius 3 is 2.40 bits per heavy atom. The molecule has 0 fully saturated rings. The fourth-order valence-corrected chi connectivity index (χ4v) is 4.42. The van der Waals surface area contributed by atoms with Crippen LogP contribution in [-0.2, 0) is 10.0 Å². The van der Waals surface area contributed by atoms with Gasteiger partial charge in [-0.1, -0.05) is 18.2 Å². The predicted molar refractivity (Wildman–Crippen MR) is 102 cm³/mol. The van der Waals surface area contributed by atoms with Crippen LogP contribution in [0.3, 0.4) is 0 Å². The highest BCUT2D eigenvalue weighted by atomic mass is 32.2. The van der Waals surface area contributed by atoms with Gasteiger partial charge < -0.3 is 5.32 Å². The van der Waals surface area contributed by atoms with Crippen LogP contribution in [0, 0.1) is 20.8 Å². The standard InChI is InChI=1S/C18H18N2O3S2/c1-10-8-13(25(19,22)23)9-15(11(10)2)20-18(21)17-12(3)14-6-4-5-7-16(14)24-17/h4-9H,1-3H3,(H,20,21)(H2,19,22,23). The van der Waals surface area contributed by atoms with E-state index in [1.165, 1.54) is 23.5 Å². The molecule has 1 heterocycles. The number of amides is 1. The molecule has 5 nitrogen and oxygen atoms in total. The Kier molecular flexibility index (Phi) is 4.40. The number of nitrogens with one attached hydrogen (secondary N) is 1. The number of hydrogen-bond acceptors (Lipinski definition) is 4. The van der Waals surface area contributed by atoms with Crippen LogP contribution < -0.4 is 10.5 Å². The first-order valence-electron chi connectivity index (χ1n) is 7.62. The average Bonchev–Trinajstić information content (AvgIpc) is 2.88. The van der Waals surface area contributed by atoms with Crippen molar-refractivity contribution in [1.82, 2.24) is 0 Å². The molecule has 0 spiro atoms. The third-order valence-electron chi connectivity index (χ3n) is 4.27. The smallest absolute Gasteiger partial charge is 0.266 e. The van der Waals surface area contributed by atoms with Crippen LogP contribution in [0.25, 0.3) is 10.1 Å². The minimum Gasteiger partial charge on any atom is -0.321 e. The highest BCUT2D eigenvalue weighted by Gasteiger charge is 2.18. The summed E-state index contributed by atoms with van der Waals surface area (Å²) in [4.78, 5) is 13.3. The number of nitrogens with two attached hydrogens (primary N) is 1. The Bertz CT molecular complexity index is 1100. The van der Waals surface area contributed by atoms with E-state index in [1.54, 1.807) is 6.92 Å². The van der Waals surface area contributed by atoms with E-state index >= 15 is 0 Å². The number of aryl methyl sites for hydroxylation is 2. The summed E-state index contributed by atoms with van der Waals surface area (Å²) >= 11 is 1.42. The molecule has 0 radical (unpaired) electrons. The Morgan fingerprint density at radius 1 is 1.08 bits per heavy atom. The Labute approximate surface area is 150 Å². The number of anilines is 1. The number of rotatable bonds is 3. The van der Waals surface area contributed by atoms with Crippen molar-refractivity contribution in [1.29, 1.82) is 0 Å². The molecule has 0 saturated carbocycles. The van der Waals surface area contributed by atoms with Gasteiger partial charge in [-0.2, -0.15) is 0 Å². The summed E-state index contributed by atoms with van der Waals surface area (Å²) in [6, 6.07) is 10.7. The van der Waals surface area contributed by atoms with Crippen LogP contribution in [0.2, 0.25) is 0 Å². The van der Waals surface area contributed by atoms with Crippen LogP contribution >= 0.6 is 11.3 Å². The van der Waals surface area contributed by atoms with Crippen molar-refractivity contribution < 1.29 is 13.2 Å². The predicted octanol–water partition coefficient (Wildman–Crippen LogP) is 3.73. The molecule has 7 heteroatoms. The lowest BCUT2D eigenvalue weighted by Gasteiger charge is -2.12. The van der Waals surface area contributed by atoms with Crippen molar-refractivity contribution in [3.63, 3.8) is 0 Å². The summed E-state index contributed by atoms with van der Waals surface area (Å²) in [6.07, 6.45) is 0. The lowest BCUT2D eigenvalue weighted by molar-refractivity contribution is 0.103. The molecular formula is C18H18N2O3S2. The summed E-state index contributed by atoms with van der Waals surface area (Å²) in [5, 5.41) is 9.10. The van der Waals surface area contributed by atoms with Crippen molar-refractivity contribution >= 4 is 43.0 Å². The van der Waals surface area contributed by atoms with Crippen LogP contribution in [0.5, 0.6) is 0 Å². The second-order valence-electron chi connectivity index (χ2n) is 5.96. The zero-order valence-corrected chi connectivity index (χ0v) is 15.7. The van der Waals surface area contributed by atoms with E-state index in [4.69, 9.17) is 5.14 Å². The third-order valence-corrected chi connectivity index (χ3v) is 6.43. The quantitative estimate of drug-likeness (QED) is 0.732. The first-order chi connectivity index (χ1) is 11.7. The van der Waals surface area contributed by atoms with Crippen LogP contribution in [0.4, 0.5) is 5.69 Å². The molecule has 3 N–H and O–H groups in total. The van der Waals surface area contributed by atoms with Crippen molar-refractivity contribution in [2.24, 2.45) is 5.14 Å². The number of carbonyl (C=O) groups excluding carboxylic acids is 1. The van der Waals surface area contributed by atoms with Crippen molar-refractivity contribution in [2.75, 3.05) is 5.32 Å². The molecule has 2 aromatic carbocycles. The Morgan fingerprint density at radius 2 is 1.76 bits per heavy atom. The van der Waals surface area contributed by atoms with E-state index in [1.807, 2.05) is 38.1 Å². The summed E-state index contributed by atoms with van der Waals surface area (Å²) in [6.45, 7) is 5.52. The van der Waals surface area contributed by atoms with E-state index < -0.39 is 10.0 Å². The van der Waals surface area contributed by atoms with Gasteiger partial charge >= 0.3 is 0 Å². The molecule has 3 aromatic rings. The molecule has 1 aromatic heterocycles. The summed E-state index contributed by atoms with van der Waals surface area (Å²) in [5.41, 5.74) is 2.91. The van der Waals surface area contributed by atoms with Gasteiger partial charge in [0, 0.05) is 10.4 Å². The molecule has 0 saturated heterocycles. The van der Waals surface area contributed by atoms with E-state index in [2.05, 4.69) is 5.32 Å². The molecule has 3 rings (SSSR count). The minimum atomic E-state index is -3.84. The summed E-state index contributed by atoms with van der Waals surface area (Å²) < 4.78 is 24.3. The van der Waals surface area contributed by atoms with E-state index in [-0.39, 0.29) is 10.8 Å². The molecule has 130 valence electrons. The van der Waals surface area contributed by atoms with Gasteiger partial charge in [-0.3, -0.25) is 4.79 Å². The first-order valence-corrected chi connectivity index (χ1v) is 9.98. The van der Waals surface area contributed by atoms with Gasteiger partial charge in [-0.25, -0.2) is 13.6 Å². The van der Waals surface area contributed by atoms with Crippen LogP contribution in [0.15, 0.2) is 41.3 Å². The van der Waals surface area contributed by atoms with Gasteiger partial charge in [0.05, 0.1) is 9.77 Å². The molecule has 0 aliphatic rings. The van der Waals surface area contributed by atoms with Crippen molar-refractivity contribution in [2.45, 2.75) is 25.7 Å². The number of fused-ring (bicyclic) bond motifs is 1. The zero-order valence-electron chi connectivity index (χ0n) is 14.1. The number of hydrogen-bond donors (Lipinski definition) is 2. The lowest BCUT2D eigenvalue weighted by atomic mass is 10.1. The van der Waals surface area contributed by atoms with E-state index in [0.717, 1.165) is 26.8 Å². The number of thiophene rings is 1. The lowest BCUT2D eigenvalue weighted by Crippen LogP contribution is -2.16. The van der Waals surface area contributed by atoms with Gasteiger partial charge in [0.1, 0.15) is 0 Å². The van der Waals surface area contributed by atoms with Gasteiger partial charge in [-0.05, 0) is 61.0 Å². The van der Waals surface area contributed by atoms with Crippen LogP contribution in [-0.4, -0.2) is 14.3 Å². The molecule has 0 aliphatic carbocycles. The number of benzene rings is 2. The highest BCUT2D eigenvalue weighted by Crippen LogP contribution is 2.32. The molecular weight excluding hydrogens is 356 g/mol. The van der Waals surface area contributed by atoms with Gasteiger partial charge in [0.15, 0.2) is 0 Å². The molecule has 25 heavy (non-hydrogen) atoms. The highest BCUT2D eigenvalue weighted by molar-refractivity contribution is 7.89. The topological polar surface area (TPSA) is 89.3 Å². The second-order valence-corrected chi connectivity index (χ2v) is 8.58. The maximum atomic E-state index is 12.7. The molecule has 0 aliphatic heterocycles. The third kappa shape index (κ3) is 3.30. The van der Waals surface area contributed by atoms with Gasteiger partial charge in [0.2, 0.25) is 10.0 Å². The number of carbonyl (C=O) groups is 1. The summed E-state index contributed by atoms with van der Waals surface area (Å²) in [5.74, 6) is -0.257. The monoisotopic (exact) mass is 374 g/mol. The maximum absolute atomic E-state index is 12.7. The van der Waals surface area contributed by atoms with E-state index in [9.17, 15) is 13.2 Å². The zero-order chi connectivity index (χ0) is 18.4. The molecule has 1 amide bonds. The molecule has 0 unspecified atom stereocenters. The van der Waals surface area contributed by atoms with E-state index in [0.29, 0.717) is 10.6 Å². The van der Waals surface area contributed by atoms with Crippen molar-refractivity contribution in [3.05, 3.63) is 58.0 Å². The number of sulfonamides is 1. The Hall–Kier alpha value is -2.22. The SMILES string of the molecule is Cc1cc(S(N)(=O)=O)cc(NC(=O)c2sc3ccccc3c2C)c1C. The molecule has 0 bridgehead atoms. The summed E-state index contributed by atoms with van der Waals surface area (Å²) in [7, 11) is -3.84. The van der Waals surface area contributed by atoms with Crippen molar-refractivity contribution in [3.8, 4) is 0 Å². The molecule has 0 atom stereocenters. The van der Waals surface area contributed by atoms with Crippen LogP contribution in [0.1, 0.15) is 26.4 Å². The fourth-order valence-electron chi connectivity index (χ4n) is 2.69. The fraction of sp³-hybridized carbons (Fsp3) is 0.167. The largest absolute Gasteiger partial charge is 0.321 e.